The van der Waals surface area contributed by atoms with Gasteiger partial charge in [0, 0.05) is 13.2 Å². The van der Waals surface area contributed by atoms with E-state index in [9.17, 15) is 4.79 Å². The van der Waals surface area contributed by atoms with Gasteiger partial charge >= 0.3 is 0 Å². The van der Waals surface area contributed by atoms with Gasteiger partial charge in [-0.15, -0.1) is 0 Å². The van der Waals surface area contributed by atoms with Crippen LogP contribution in [0.2, 0.25) is 0 Å². The summed E-state index contributed by atoms with van der Waals surface area (Å²) in [6.45, 7) is 5.18. The zero-order valence-electron chi connectivity index (χ0n) is 11.8. The number of hydrogen-bond donors (Lipinski definition) is 1. The van der Waals surface area contributed by atoms with Crippen molar-refractivity contribution < 1.29 is 9.53 Å². The van der Waals surface area contributed by atoms with Crippen LogP contribution in [0.15, 0.2) is 18.2 Å². The number of carbonyl (C=O) groups excluding carboxylic acids is 1. The minimum Gasteiger partial charge on any atom is -0.381 e. The fourth-order valence-electron chi connectivity index (χ4n) is 3.36. The van der Waals surface area contributed by atoms with Gasteiger partial charge in [0.1, 0.15) is 0 Å². The number of nitrogens with one attached hydrogen (secondary N) is 1. The van der Waals surface area contributed by atoms with Gasteiger partial charge in [-0.1, -0.05) is 6.07 Å². The van der Waals surface area contributed by atoms with Gasteiger partial charge in [-0.05, 0) is 49.9 Å². The summed E-state index contributed by atoms with van der Waals surface area (Å²) in [7, 11) is 0. The molecule has 2 heterocycles. The molecule has 3 rings (SSSR count). The van der Waals surface area contributed by atoms with Crippen LogP contribution in [-0.2, 0) is 20.5 Å². The predicted molar refractivity (Wildman–Crippen MR) is 74.1 cm³/mol. The van der Waals surface area contributed by atoms with Crippen molar-refractivity contribution in [3.63, 3.8) is 0 Å². The molecule has 0 bridgehead atoms. The molecule has 0 aromatic heterocycles. The summed E-state index contributed by atoms with van der Waals surface area (Å²) < 4.78 is 5.42. The Morgan fingerprint density at radius 1 is 1.25 bits per heavy atom. The van der Waals surface area contributed by atoms with Crippen LogP contribution < -0.4 is 5.32 Å². The summed E-state index contributed by atoms with van der Waals surface area (Å²) in [5, 5.41) is 12.3. The molecule has 1 aromatic carbocycles. The Hall–Kier alpha value is -1.86. The summed E-state index contributed by atoms with van der Waals surface area (Å²) >= 11 is 0. The monoisotopic (exact) mass is 270 g/mol. The minimum absolute atomic E-state index is 0.0633. The molecule has 0 unspecified atom stereocenters. The lowest BCUT2D eigenvalue weighted by Gasteiger charge is -2.46. The molecule has 0 radical (unpaired) electrons. The number of benzene rings is 1. The van der Waals surface area contributed by atoms with E-state index in [1.807, 2.05) is 32.0 Å². The van der Waals surface area contributed by atoms with Crippen LogP contribution in [0.3, 0.4) is 0 Å². The van der Waals surface area contributed by atoms with Crippen molar-refractivity contribution >= 4 is 5.91 Å². The first-order valence-corrected chi connectivity index (χ1v) is 6.95. The second-order valence-electron chi connectivity index (χ2n) is 6.15. The van der Waals surface area contributed by atoms with Crippen LogP contribution in [0.1, 0.15) is 43.4 Å². The van der Waals surface area contributed by atoms with E-state index >= 15 is 0 Å². The van der Waals surface area contributed by atoms with Gasteiger partial charge in [0.2, 0.25) is 5.91 Å². The lowest BCUT2D eigenvalue weighted by atomic mass is 9.65. The van der Waals surface area contributed by atoms with Crippen LogP contribution >= 0.6 is 0 Å². The Bertz CT molecular complexity index is 607. The molecule has 1 saturated heterocycles. The second kappa shape index (κ2) is 4.32. The third kappa shape index (κ3) is 1.74. The van der Waals surface area contributed by atoms with Crippen LogP contribution in [0, 0.1) is 11.3 Å². The summed E-state index contributed by atoms with van der Waals surface area (Å²) in [6.07, 6.45) is 1.35. The maximum absolute atomic E-state index is 12.7. The number of amides is 1. The number of fused-ring (bicyclic) bond motifs is 2. The molecule has 4 nitrogen and oxygen atoms in total. The Morgan fingerprint density at radius 2 is 1.95 bits per heavy atom. The molecule has 2 aliphatic rings. The highest BCUT2D eigenvalue weighted by Gasteiger charge is 2.49. The number of carbonyl (C=O) groups is 1. The molecule has 4 heteroatoms. The molecular weight excluding hydrogens is 252 g/mol. The summed E-state index contributed by atoms with van der Waals surface area (Å²) in [5.41, 5.74) is 1.80. The average Bonchev–Trinajstić information content (AvgIpc) is 2.45. The summed E-state index contributed by atoms with van der Waals surface area (Å²) in [4.78, 5) is 12.7. The van der Waals surface area contributed by atoms with Crippen LogP contribution in [0.25, 0.3) is 0 Å². The Morgan fingerprint density at radius 3 is 2.60 bits per heavy atom. The normalized spacial score (nSPS) is 22.8. The van der Waals surface area contributed by atoms with Gasteiger partial charge < -0.3 is 10.1 Å². The topological polar surface area (TPSA) is 62.1 Å². The first-order chi connectivity index (χ1) is 9.49. The third-order valence-electron chi connectivity index (χ3n) is 4.54. The van der Waals surface area contributed by atoms with Crippen LogP contribution in [0.4, 0.5) is 0 Å². The van der Waals surface area contributed by atoms with E-state index in [4.69, 9.17) is 10.00 Å². The Labute approximate surface area is 118 Å². The number of nitrogens with zero attached hydrogens (tertiary/aromatic N) is 1. The number of ether oxygens (including phenoxy) is 1. The SMILES string of the molecule is CC1(C)NC(=O)C2(CCOCC2)c2cc(C#N)ccc21. The quantitative estimate of drug-likeness (QED) is 0.784. The van der Waals surface area contributed by atoms with Crippen molar-refractivity contribution in [1.82, 2.24) is 5.32 Å². The van der Waals surface area contributed by atoms with Gasteiger partial charge in [0.05, 0.1) is 22.6 Å². The molecule has 1 aromatic rings. The van der Waals surface area contributed by atoms with Gasteiger partial charge in [-0.25, -0.2) is 0 Å². The molecule has 1 fully saturated rings. The van der Waals surface area contributed by atoms with Crippen molar-refractivity contribution in [2.24, 2.45) is 0 Å². The highest BCUT2D eigenvalue weighted by molar-refractivity contribution is 5.91. The largest absolute Gasteiger partial charge is 0.381 e. The van der Waals surface area contributed by atoms with E-state index < -0.39 is 11.0 Å². The van der Waals surface area contributed by atoms with Crippen molar-refractivity contribution in [3.8, 4) is 6.07 Å². The van der Waals surface area contributed by atoms with Gasteiger partial charge in [0.15, 0.2) is 0 Å². The second-order valence-corrected chi connectivity index (χ2v) is 6.15. The van der Waals surface area contributed by atoms with Gasteiger partial charge in [-0.2, -0.15) is 5.26 Å². The Balaban J connectivity index is 2.24. The lowest BCUT2D eigenvalue weighted by Crippen LogP contribution is -2.58. The maximum atomic E-state index is 12.7. The summed E-state index contributed by atoms with van der Waals surface area (Å²) in [6, 6.07) is 7.87. The van der Waals surface area contributed by atoms with E-state index in [0.29, 0.717) is 31.6 Å². The first-order valence-electron chi connectivity index (χ1n) is 6.95. The first kappa shape index (κ1) is 13.1. The van der Waals surface area contributed by atoms with Gasteiger partial charge in [0.25, 0.3) is 0 Å². The average molecular weight is 270 g/mol. The lowest BCUT2D eigenvalue weighted by molar-refractivity contribution is -0.133. The summed E-state index contributed by atoms with van der Waals surface area (Å²) in [5.74, 6) is 0.0633. The van der Waals surface area contributed by atoms with E-state index in [-0.39, 0.29) is 5.91 Å². The van der Waals surface area contributed by atoms with E-state index in [0.717, 1.165) is 11.1 Å². The van der Waals surface area contributed by atoms with Crippen LogP contribution in [-0.4, -0.2) is 19.1 Å². The maximum Gasteiger partial charge on any atom is 0.231 e. The zero-order chi connectivity index (χ0) is 14.4. The molecule has 1 spiro atoms. The molecule has 1 N–H and O–H groups in total. The molecule has 104 valence electrons. The number of rotatable bonds is 0. The van der Waals surface area contributed by atoms with Crippen LogP contribution in [0.5, 0.6) is 0 Å². The number of nitriles is 1. The molecule has 0 atom stereocenters. The minimum atomic E-state index is -0.532. The number of hydrogen-bond acceptors (Lipinski definition) is 3. The third-order valence-corrected chi connectivity index (χ3v) is 4.54. The molecular formula is C16H18N2O2. The zero-order valence-corrected chi connectivity index (χ0v) is 11.8. The molecule has 0 saturated carbocycles. The van der Waals surface area contributed by atoms with Gasteiger partial charge in [-0.3, -0.25) is 4.79 Å². The predicted octanol–water partition coefficient (Wildman–Crippen LogP) is 1.97. The van der Waals surface area contributed by atoms with Crippen molar-refractivity contribution in [2.75, 3.05) is 13.2 Å². The van der Waals surface area contributed by atoms with Crippen molar-refractivity contribution in [2.45, 2.75) is 37.6 Å². The van der Waals surface area contributed by atoms with E-state index in [1.165, 1.54) is 0 Å². The molecule has 20 heavy (non-hydrogen) atoms. The Kier molecular flexibility index (Phi) is 2.84. The molecule has 1 amide bonds. The van der Waals surface area contributed by atoms with E-state index in [1.54, 1.807) is 0 Å². The molecule has 0 aliphatic carbocycles. The highest BCUT2D eigenvalue weighted by Crippen LogP contribution is 2.44. The van der Waals surface area contributed by atoms with Crippen molar-refractivity contribution in [3.05, 3.63) is 34.9 Å². The van der Waals surface area contributed by atoms with Crippen molar-refractivity contribution in [1.29, 1.82) is 5.26 Å². The standard InChI is InChI=1S/C16H18N2O2/c1-15(2)12-4-3-11(10-17)9-13(12)16(14(19)18-15)5-7-20-8-6-16/h3-4,9H,5-8H2,1-2H3,(H,18,19). The fourth-order valence-corrected chi connectivity index (χ4v) is 3.36. The molecule has 2 aliphatic heterocycles. The van der Waals surface area contributed by atoms with E-state index in [2.05, 4.69) is 11.4 Å². The highest BCUT2D eigenvalue weighted by atomic mass is 16.5. The fraction of sp³-hybridized carbons (Fsp3) is 0.500. The smallest absolute Gasteiger partial charge is 0.231 e.